The summed E-state index contributed by atoms with van der Waals surface area (Å²) in [7, 11) is 3.19. The van der Waals surface area contributed by atoms with Gasteiger partial charge in [0.1, 0.15) is 5.01 Å². The third-order valence-electron chi connectivity index (χ3n) is 4.58. The number of carbonyl (C=O) groups excluding carboxylic acids is 1. The van der Waals surface area contributed by atoms with Crippen molar-refractivity contribution in [1.82, 2.24) is 10.2 Å². The first-order chi connectivity index (χ1) is 14.0. The van der Waals surface area contributed by atoms with Crippen LogP contribution in [0.25, 0.3) is 10.6 Å². The molecule has 0 spiro atoms. The Morgan fingerprint density at radius 2 is 1.76 bits per heavy atom. The third kappa shape index (κ3) is 5.32. The molecule has 2 aromatic carbocycles. The number of anilines is 1. The Labute approximate surface area is 174 Å². The molecule has 0 aliphatic carbocycles. The second-order valence-corrected chi connectivity index (χ2v) is 7.90. The van der Waals surface area contributed by atoms with Crippen molar-refractivity contribution < 1.29 is 14.3 Å². The van der Waals surface area contributed by atoms with Crippen LogP contribution in [-0.4, -0.2) is 30.3 Å². The maximum Gasteiger partial charge on any atom is 0.226 e. The van der Waals surface area contributed by atoms with Crippen LogP contribution in [0.3, 0.4) is 0 Å². The number of ether oxygens (including phenoxy) is 2. The lowest BCUT2D eigenvalue weighted by Gasteiger charge is -2.09. The minimum Gasteiger partial charge on any atom is -0.493 e. The van der Waals surface area contributed by atoms with E-state index in [9.17, 15) is 4.79 Å². The highest BCUT2D eigenvalue weighted by atomic mass is 32.1. The molecule has 0 atom stereocenters. The first kappa shape index (κ1) is 20.8. The van der Waals surface area contributed by atoms with Gasteiger partial charge in [-0.2, -0.15) is 0 Å². The molecule has 0 radical (unpaired) electrons. The van der Waals surface area contributed by atoms with Crippen molar-refractivity contribution in [2.24, 2.45) is 0 Å². The zero-order valence-electron chi connectivity index (χ0n) is 17.1. The number of carbonyl (C=O) groups is 1. The van der Waals surface area contributed by atoms with E-state index in [-0.39, 0.29) is 5.91 Å². The second kappa shape index (κ2) is 9.52. The number of nitrogens with one attached hydrogen (secondary N) is 1. The van der Waals surface area contributed by atoms with Crippen LogP contribution in [0.2, 0.25) is 0 Å². The first-order valence-corrected chi connectivity index (χ1v) is 10.3. The van der Waals surface area contributed by atoms with Crippen molar-refractivity contribution in [2.75, 3.05) is 19.5 Å². The van der Waals surface area contributed by atoms with E-state index >= 15 is 0 Å². The number of rotatable bonds is 8. The largest absolute Gasteiger partial charge is 0.493 e. The van der Waals surface area contributed by atoms with Crippen LogP contribution in [0.4, 0.5) is 5.13 Å². The Balaban J connectivity index is 1.57. The van der Waals surface area contributed by atoms with E-state index in [0.29, 0.717) is 35.4 Å². The number of methoxy groups -OCH3 is 2. The van der Waals surface area contributed by atoms with Crippen LogP contribution in [-0.2, 0) is 11.2 Å². The third-order valence-corrected chi connectivity index (χ3v) is 5.47. The Morgan fingerprint density at radius 1 is 1.03 bits per heavy atom. The van der Waals surface area contributed by atoms with Gasteiger partial charge in [0.25, 0.3) is 0 Å². The van der Waals surface area contributed by atoms with Crippen LogP contribution in [0.15, 0.2) is 42.5 Å². The van der Waals surface area contributed by atoms with Gasteiger partial charge in [-0.15, -0.1) is 10.2 Å². The van der Waals surface area contributed by atoms with Gasteiger partial charge in [0.15, 0.2) is 11.5 Å². The molecule has 3 aromatic rings. The summed E-state index contributed by atoms with van der Waals surface area (Å²) in [6.45, 7) is 4.32. The molecule has 0 aliphatic rings. The van der Waals surface area contributed by atoms with Crippen molar-refractivity contribution in [1.29, 1.82) is 0 Å². The van der Waals surface area contributed by atoms with Gasteiger partial charge in [0.05, 0.1) is 14.2 Å². The number of aromatic nitrogens is 2. The monoisotopic (exact) mass is 411 g/mol. The van der Waals surface area contributed by atoms with E-state index in [4.69, 9.17) is 9.47 Å². The average molecular weight is 412 g/mol. The molecule has 1 N–H and O–H groups in total. The molecule has 7 heteroatoms. The second-order valence-electron chi connectivity index (χ2n) is 6.93. The lowest BCUT2D eigenvalue weighted by Crippen LogP contribution is -2.12. The van der Waals surface area contributed by atoms with Crippen LogP contribution in [0.1, 0.15) is 37.3 Å². The molecule has 0 saturated heterocycles. The summed E-state index contributed by atoms with van der Waals surface area (Å²) in [6.07, 6.45) is 0.933. The maximum absolute atomic E-state index is 12.3. The number of benzene rings is 2. The van der Waals surface area contributed by atoms with Crippen LogP contribution >= 0.6 is 11.3 Å². The SMILES string of the molecule is COc1ccc(CCC(=O)Nc2nnc(-c3ccc(C(C)C)cc3)s2)cc1OC. The van der Waals surface area contributed by atoms with Crippen molar-refractivity contribution in [3.63, 3.8) is 0 Å². The van der Waals surface area contributed by atoms with Crippen LogP contribution < -0.4 is 14.8 Å². The molecule has 3 rings (SSSR count). The Bertz CT molecular complexity index is 968. The average Bonchev–Trinajstić information content (AvgIpc) is 3.20. The number of hydrogen-bond donors (Lipinski definition) is 1. The lowest BCUT2D eigenvalue weighted by atomic mass is 10.0. The zero-order chi connectivity index (χ0) is 20.8. The standard InChI is InChI=1S/C22H25N3O3S/c1-14(2)16-7-9-17(10-8-16)21-24-25-22(29-21)23-20(26)12-6-15-5-11-18(27-3)19(13-15)28-4/h5,7-11,13-14H,6,12H2,1-4H3,(H,23,25,26). The number of amides is 1. The highest BCUT2D eigenvalue weighted by Crippen LogP contribution is 2.29. The molecule has 0 unspecified atom stereocenters. The van der Waals surface area contributed by atoms with Gasteiger partial charge in [-0.3, -0.25) is 4.79 Å². The fourth-order valence-electron chi connectivity index (χ4n) is 2.88. The summed E-state index contributed by atoms with van der Waals surface area (Å²) < 4.78 is 10.5. The van der Waals surface area contributed by atoms with Crippen LogP contribution in [0.5, 0.6) is 11.5 Å². The maximum atomic E-state index is 12.3. The summed E-state index contributed by atoms with van der Waals surface area (Å²) in [6, 6.07) is 13.9. The predicted octanol–water partition coefficient (Wildman–Crippen LogP) is 4.92. The van der Waals surface area contributed by atoms with Crippen molar-refractivity contribution >= 4 is 22.4 Å². The molecule has 6 nitrogen and oxygen atoms in total. The molecule has 0 saturated carbocycles. The van der Waals surface area contributed by atoms with Gasteiger partial charge >= 0.3 is 0 Å². The zero-order valence-corrected chi connectivity index (χ0v) is 17.9. The van der Waals surface area contributed by atoms with Crippen molar-refractivity contribution in [3.05, 3.63) is 53.6 Å². The molecule has 152 valence electrons. The summed E-state index contributed by atoms with van der Waals surface area (Å²) in [5.74, 6) is 1.71. The molecule has 0 fully saturated rings. The van der Waals surface area contributed by atoms with E-state index < -0.39 is 0 Å². The number of aryl methyl sites for hydroxylation is 1. The summed E-state index contributed by atoms with van der Waals surface area (Å²) >= 11 is 1.37. The highest BCUT2D eigenvalue weighted by Gasteiger charge is 2.11. The number of nitrogens with zero attached hydrogens (tertiary/aromatic N) is 2. The summed E-state index contributed by atoms with van der Waals surface area (Å²) in [4.78, 5) is 12.3. The molecule has 0 aliphatic heterocycles. The van der Waals surface area contributed by atoms with E-state index in [0.717, 1.165) is 16.1 Å². The summed E-state index contributed by atoms with van der Waals surface area (Å²) in [5.41, 5.74) is 3.28. The van der Waals surface area contributed by atoms with Crippen molar-refractivity contribution in [2.45, 2.75) is 32.6 Å². The predicted molar refractivity (Wildman–Crippen MR) is 116 cm³/mol. The smallest absolute Gasteiger partial charge is 0.226 e. The Kier molecular flexibility index (Phi) is 6.82. The number of hydrogen-bond acceptors (Lipinski definition) is 6. The van der Waals surface area contributed by atoms with E-state index in [1.165, 1.54) is 16.9 Å². The lowest BCUT2D eigenvalue weighted by molar-refractivity contribution is -0.116. The van der Waals surface area contributed by atoms with Gasteiger partial charge in [-0.1, -0.05) is 55.5 Å². The molecule has 29 heavy (non-hydrogen) atoms. The van der Waals surface area contributed by atoms with Gasteiger partial charge in [0, 0.05) is 12.0 Å². The Hall–Kier alpha value is -2.93. The summed E-state index contributed by atoms with van der Waals surface area (Å²) in [5, 5.41) is 12.4. The molecule has 1 amide bonds. The molecule has 1 aromatic heterocycles. The highest BCUT2D eigenvalue weighted by molar-refractivity contribution is 7.18. The van der Waals surface area contributed by atoms with Gasteiger partial charge < -0.3 is 14.8 Å². The van der Waals surface area contributed by atoms with Gasteiger partial charge in [-0.25, -0.2) is 0 Å². The first-order valence-electron chi connectivity index (χ1n) is 9.44. The quantitative estimate of drug-likeness (QED) is 0.570. The molecular formula is C22H25N3O3S. The molecule has 1 heterocycles. The van der Waals surface area contributed by atoms with E-state index in [1.54, 1.807) is 14.2 Å². The normalized spacial score (nSPS) is 10.8. The van der Waals surface area contributed by atoms with Crippen molar-refractivity contribution in [3.8, 4) is 22.1 Å². The Morgan fingerprint density at radius 3 is 2.41 bits per heavy atom. The molecular weight excluding hydrogens is 386 g/mol. The van der Waals surface area contributed by atoms with Gasteiger partial charge in [-0.05, 0) is 35.6 Å². The topological polar surface area (TPSA) is 73.3 Å². The fraction of sp³-hybridized carbons (Fsp3) is 0.318. The fourth-order valence-corrected chi connectivity index (χ4v) is 3.64. The van der Waals surface area contributed by atoms with E-state index in [1.807, 2.05) is 30.3 Å². The minimum absolute atomic E-state index is 0.0994. The van der Waals surface area contributed by atoms with Gasteiger partial charge in [0.2, 0.25) is 11.0 Å². The molecule has 0 bridgehead atoms. The van der Waals surface area contributed by atoms with E-state index in [2.05, 4.69) is 41.5 Å². The minimum atomic E-state index is -0.0994. The van der Waals surface area contributed by atoms with Crippen LogP contribution in [0, 0.1) is 0 Å².